The van der Waals surface area contributed by atoms with Gasteiger partial charge in [0.25, 0.3) is 0 Å². The molecule has 1 aromatic heterocycles. The lowest BCUT2D eigenvalue weighted by Gasteiger charge is -2.10. The third-order valence-corrected chi connectivity index (χ3v) is 2.48. The zero-order valence-corrected chi connectivity index (χ0v) is 11.0. The molecule has 0 bridgehead atoms. The summed E-state index contributed by atoms with van der Waals surface area (Å²) in [5.41, 5.74) is 6.34. The Morgan fingerprint density at radius 2 is 2.00 bits per heavy atom. The molecule has 0 aliphatic carbocycles. The average molecular weight is 276 g/mol. The first-order valence-electron chi connectivity index (χ1n) is 5.49. The highest BCUT2D eigenvalue weighted by atomic mass is 32.1. The van der Waals surface area contributed by atoms with Crippen LogP contribution in [0.4, 0.5) is 5.69 Å². The van der Waals surface area contributed by atoms with Crippen molar-refractivity contribution < 1.29 is 9.21 Å². The molecule has 6 nitrogen and oxygen atoms in total. The fraction of sp³-hybridized carbons (Fsp3) is 0.0833. The van der Waals surface area contributed by atoms with Crippen LogP contribution in [0.25, 0.3) is 0 Å². The first-order valence-corrected chi connectivity index (χ1v) is 5.90. The molecule has 98 valence electrons. The van der Waals surface area contributed by atoms with E-state index in [2.05, 4.69) is 21.2 Å². The summed E-state index contributed by atoms with van der Waals surface area (Å²) < 4.78 is 4.95. The maximum atomic E-state index is 11.7. The van der Waals surface area contributed by atoms with Gasteiger partial charge in [-0.25, -0.2) is 4.98 Å². The molecule has 0 spiro atoms. The lowest BCUT2D eigenvalue weighted by Crippen LogP contribution is -2.43. The minimum absolute atomic E-state index is 0.148. The van der Waals surface area contributed by atoms with Crippen LogP contribution in [0.2, 0.25) is 0 Å². The number of hydrogen-bond acceptors (Lipinski definition) is 4. The minimum atomic E-state index is -0.438. The van der Waals surface area contributed by atoms with Gasteiger partial charge in [0.2, 0.25) is 5.76 Å². The number of nitrogens with one attached hydrogen (secondary N) is 3. The molecule has 2 rings (SSSR count). The van der Waals surface area contributed by atoms with Crippen LogP contribution < -0.4 is 16.2 Å². The maximum absolute atomic E-state index is 11.7. The molecule has 0 unspecified atom stereocenters. The van der Waals surface area contributed by atoms with E-state index in [1.54, 1.807) is 6.92 Å². The summed E-state index contributed by atoms with van der Waals surface area (Å²) in [5, 5.41) is 3.19. The van der Waals surface area contributed by atoms with Crippen LogP contribution in [0, 0.1) is 6.92 Å². The molecular weight excluding hydrogens is 264 g/mol. The SMILES string of the molecule is Cc1ncoc1C(=O)NNC(=S)Nc1ccccc1. The number of thiocarbonyl (C=S) groups is 1. The van der Waals surface area contributed by atoms with Crippen LogP contribution in [0.5, 0.6) is 0 Å². The predicted molar refractivity (Wildman–Crippen MR) is 74.5 cm³/mol. The van der Waals surface area contributed by atoms with Crippen molar-refractivity contribution in [2.24, 2.45) is 0 Å². The molecule has 19 heavy (non-hydrogen) atoms. The van der Waals surface area contributed by atoms with E-state index in [0.717, 1.165) is 5.69 Å². The second-order valence-electron chi connectivity index (χ2n) is 3.67. The standard InChI is InChI=1S/C12H12N4O2S/c1-8-10(18-7-13-8)11(17)15-16-12(19)14-9-5-3-2-4-6-9/h2-7H,1H3,(H,15,17)(H2,14,16,19). The van der Waals surface area contributed by atoms with Crippen LogP contribution in [0.1, 0.15) is 16.2 Å². The zero-order chi connectivity index (χ0) is 13.7. The maximum Gasteiger partial charge on any atom is 0.307 e. The number of anilines is 1. The largest absolute Gasteiger partial charge is 0.438 e. The first-order chi connectivity index (χ1) is 9.16. The lowest BCUT2D eigenvalue weighted by molar-refractivity contribution is 0.0915. The third kappa shape index (κ3) is 3.52. The molecule has 7 heteroatoms. The Bertz CT molecular complexity index is 582. The van der Waals surface area contributed by atoms with E-state index in [1.165, 1.54) is 6.39 Å². The van der Waals surface area contributed by atoms with Crippen LogP contribution in [0.15, 0.2) is 41.1 Å². The number of carbonyl (C=O) groups is 1. The van der Waals surface area contributed by atoms with Gasteiger partial charge in [0.1, 0.15) is 0 Å². The molecule has 0 fully saturated rings. The van der Waals surface area contributed by atoms with Crippen LogP contribution in [0.3, 0.4) is 0 Å². The number of amides is 1. The quantitative estimate of drug-likeness (QED) is 0.571. The fourth-order valence-electron chi connectivity index (χ4n) is 1.37. The molecule has 0 saturated carbocycles. The average Bonchev–Trinajstić information content (AvgIpc) is 2.83. The van der Waals surface area contributed by atoms with Crippen molar-refractivity contribution in [3.63, 3.8) is 0 Å². The first kappa shape index (κ1) is 13.0. The summed E-state index contributed by atoms with van der Waals surface area (Å²) in [6.07, 6.45) is 1.21. The van der Waals surface area contributed by atoms with Crippen molar-refractivity contribution in [1.29, 1.82) is 0 Å². The highest BCUT2D eigenvalue weighted by Crippen LogP contribution is 2.05. The van der Waals surface area contributed by atoms with Crippen molar-refractivity contribution in [1.82, 2.24) is 15.8 Å². The molecule has 0 aliphatic heterocycles. The van der Waals surface area contributed by atoms with Gasteiger partial charge in [0.15, 0.2) is 11.5 Å². The Morgan fingerprint density at radius 1 is 1.26 bits per heavy atom. The van der Waals surface area contributed by atoms with Crippen molar-refractivity contribution in [3.8, 4) is 0 Å². The topological polar surface area (TPSA) is 79.2 Å². The molecule has 1 heterocycles. The number of hydrazine groups is 1. The predicted octanol–water partition coefficient (Wildman–Crippen LogP) is 1.61. The molecular formula is C12H12N4O2S. The summed E-state index contributed by atoms with van der Waals surface area (Å²) in [6.45, 7) is 1.68. The molecule has 3 N–H and O–H groups in total. The number of para-hydroxylation sites is 1. The van der Waals surface area contributed by atoms with Gasteiger partial charge in [-0.3, -0.25) is 15.6 Å². The second-order valence-corrected chi connectivity index (χ2v) is 4.07. The molecule has 1 aromatic carbocycles. The monoisotopic (exact) mass is 276 g/mol. The van der Waals surface area contributed by atoms with Gasteiger partial charge in [-0.05, 0) is 31.3 Å². The van der Waals surface area contributed by atoms with Gasteiger partial charge in [0.05, 0.1) is 5.69 Å². The number of benzene rings is 1. The van der Waals surface area contributed by atoms with Gasteiger partial charge in [0, 0.05) is 5.69 Å². The summed E-state index contributed by atoms with van der Waals surface area (Å²) in [4.78, 5) is 15.5. The Hall–Kier alpha value is -2.41. The van der Waals surface area contributed by atoms with Crippen molar-refractivity contribution >= 4 is 28.9 Å². The van der Waals surface area contributed by atoms with E-state index >= 15 is 0 Å². The number of carbonyl (C=O) groups excluding carboxylic acids is 1. The van der Waals surface area contributed by atoms with E-state index in [4.69, 9.17) is 16.6 Å². The van der Waals surface area contributed by atoms with E-state index in [-0.39, 0.29) is 10.9 Å². The van der Waals surface area contributed by atoms with Gasteiger partial charge < -0.3 is 9.73 Å². The van der Waals surface area contributed by atoms with Gasteiger partial charge in [-0.2, -0.15) is 0 Å². The van der Waals surface area contributed by atoms with Gasteiger partial charge in [-0.15, -0.1) is 0 Å². The third-order valence-electron chi connectivity index (χ3n) is 2.27. The fourth-order valence-corrected chi connectivity index (χ4v) is 1.54. The summed E-state index contributed by atoms with van der Waals surface area (Å²) in [5.74, 6) is -0.290. The summed E-state index contributed by atoms with van der Waals surface area (Å²) >= 11 is 5.03. The summed E-state index contributed by atoms with van der Waals surface area (Å²) in [6, 6.07) is 9.37. The Morgan fingerprint density at radius 3 is 2.63 bits per heavy atom. The van der Waals surface area contributed by atoms with Crippen molar-refractivity contribution in [3.05, 3.63) is 48.2 Å². The molecule has 0 atom stereocenters. The lowest BCUT2D eigenvalue weighted by atomic mass is 10.3. The number of oxazole rings is 1. The Balaban J connectivity index is 1.84. The normalized spacial score (nSPS) is 9.74. The van der Waals surface area contributed by atoms with E-state index < -0.39 is 5.91 Å². The van der Waals surface area contributed by atoms with Crippen LogP contribution in [-0.2, 0) is 0 Å². The van der Waals surface area contributed by atoms with Crippen LogP contribution in [-0.4, -0.2) is 16.0 Å². The molecule has 2 aromatic rings. The number of hydrogen-bond donors (Lipinski definition) is 3. The second kappa shape index (κ2) is 5.96. The molecule has 0 radical (unpaired) electrons. The Kier molecular flexibility index (Phi) is 4.09. The number of aromatic nitrogens is 1. The number of aryl methyl sites for hydroxylation is 1. The highest BCUT2D eigenvalue weighted by molar-refractivity contribution is 7.80. The van der Waals surface area contributed by atoms with E-state index in [0.29, 0.717) is 5.69 Å². The molecule has 1 amide bonds. The van der Waals surface area contributed by atoms with E-state index in [1.807, 2.05) is 30.3 Å². The van der Waals surface area contributed by atoms with Gasteiger partial charge >= 0.3 is 5.91 Å². The minimum Gasteiger partial charge on any atom is -0.438 e. The number of nitrogens with zero attached hydrogens (tertiary/aromatic N) is 1. The number of rotatable bonds is 2. The van der Waals surface area contributed by atoms with Crippen molar-refractivity contribution in [2.45, 2.75) is 6.92 Å². The zero-order valence-electron chi connectivity index (χ0n) is 10.1. The molecule has 0 aliphatic rings. The Labute approximate surface area is 115 Å². The van der Waals surface area contributed by atoms with E-state index in [9.17, 15) is 4.79 Å². The molecule has 0 saturated heterocycles. The smallest absolute Gasteiger partial charge is 0.307 e. The highest BCUT2D eigenvalue weighted by Gasteiger charge is 2.13. The van der Waals surface area contributed by atoms with Crippen LogP contribution >= 0.6 is 12.2 Å². The summed E-state index contributed by atoms with van der Waals surface area (Å²) in [7, 11) is 0. The van der Waals surface area contributed by atoms with Crippen molar-refractivity contribution in [2.75, 3.05) is 5.32 Å². The van der Waals surface area contributed by atoms with Gasteiger partial charge in [-0.1, -0.05) is 18.2 Å².